The van der Waals surface area contributed by atoms with E-state index in [9.17, 15) is 4.79 Å². The summed E-state index contributed by atoms with van der Waals surface area (Å²) in [6.45, 7) is 13.3. The molecule has 0 spiro atoms. The molecule has 0 radical (unpaired) electrons. The predicted octanol–water partition coefficient (Wildman–Crippen LogP) is 2.87. The van der Waals surface area contributed by atoms with Crippen molar-refractivity contribution in [2.75, 3.05) is 19.6 Å². The fourth-order valence-electron chi connectivity index (χ4n) is 2.34. The summed E-state index contributed by atoms with van der Waals surface area (Å²) >= 11 is 0. The Hall–Kier alpha value is -1.36. The third-order valence-corrected chi connectivity index (χ3v) is 3.66. The first-order chi connectivity index (χ1) is 9.94. The van der Waals surface area contributed by atoms with Gasteiger partial charge in [-0.2, -0.15) is 0 Å². The van der Waals surface area contributed by atoms with Crippen molar-refractivity contribution < 1.29 is 9.32 Å². The number of hydrogen-bond donors (Lipinski definition) is 1. The molecule has 0 bridgehead atoms. The van der Waals surface area contributed by atoms with Gasteiger partial charge in [-0.15, -0.1) is 0 Å². The molecule has 5 nitrogen and oxygen atoms in total. The normalized spacial score (nSPS) is 11.9. The van der Waals surface area contributed by atoms with Crippen LogP contribution in [0, 0.1) is 0 Å². The smallest absolute Gasteiger partial charge is 0.273 e. The van der Waals surface area contributed by atoms with Crippen LogP contribution >= 0.6 is 0 Å². The Balaban J connectivity index is 2.60. The topological polar surface area (TPSA) is 58.4 Å². The van der Waals surface area contributed by atoms with Crippen LogP contribution in [0.5, 0.6) is 0 Å². The van der Waals surface area contributed by atoms with Crippen molar-refractivity contribution >= 4 is 5.91 Å². The summed E-state index contributed by atoms with van der Waals surface area (Å²) in [5.41, 5.74) is 0.291. The minimum atomic E-state index is -0.167. The Kier molecular flexibility index (Phi) is 6.89. The summed E-state index contributed by atoms with van der Waals surface area (Å²) in [6.07, 6.45) is 2.97. The monoisotopic (exact) mass is 295 g/mol. The Morgan fingerprint density at radius 3 is 2.38 bits per heavy atom. The number of hydrogen-bond acceptors (Lipinski definition) is 4. The molecule has 0 saturated heterocycles. The molecule has 0 atom stereocenters. The van der Waals surface area contributed by atoms with Crippen molar-refractivity contribution in [2.24, 2.45) is 0 Å². The van der Waals surface area contributed by atoms with E-state index in [4.69, 9.17) is 4.52 Å². The SMILES string of the molecule is CCCN(CCC)C(C)(C)CNC(=O)c1cc(CC)on1. The average molecular weight is 295 g/mol. The largest absolute Gasteiger partial charge is 0.361 e. The molecule has 120 valence electrons. The first-order valence-corrected chi connectivity index (χ1v) is 7.93. The molecule has 1 rings (SSSR count). The van der Waals surface area contributed by atoms with Gasteiger partial charge < -0.3 is 9.84 Å². The number of carbonyl (C=O) groups excluding carboxylic acids is 1. The van der Waals surface area contributed by atoms with Crippen LogP contribution in [0.25, 0.3) is 0 Å². The zero-order valence-corrected chi connectivity index (χ0v) is 14.0. The molecule has 1 aromatic heterocycles. The lowest BCUT2D eigenvalue weighted by molar-refractivity contribution is 0.0856. The van der Waals surface area contributed by atoms with E-state index in [1.54, 1.807) is 6.07 Å². The molecule has 1 amide bonds. The molecule has 0 saturated carbocycles. The molecule has 1 heterocycles. The van der Waals surface area contributed by atoms with Gasteiger partial charge in [-0.05, 0) is 39.8 Å². The Morgan fingerprint density at radius 1 is 1.29 bits per heavy atom. The summed E-state index contributed by atoms with van der Waals surface area (Å²) in [4.78, 5) is 14.5. The van der Waals surface area contributed by atoms with Gasteiger partial charge in [0.2, 0.25) is 0 Å². The molecular formula is C16H29N3O2. The second kappa shape index (κ2) is 8.17. The lowest BCUT2D eigenvalue weighted by atomic mass is 10.0. The standard InChI is InChI=1S/C16H29N3O2/c1-6-9-19(10-7-2)16(4,5)12-17-15(20)14-11-13(8-3)21-18-14/h11H,6-10,12H2,1-5H3,(H,17,20). The van der Waals surface area contributed by atoms with Gasteiger partial charge in [0.15, 0.2) is 5.69 Å². The van der Waals surface area contributed by atoms with Crippen LogP contribution in [0.4, 0.5) is 0 Å². The maximum absolute atomic E-state index is 12.1. The van der Waals surface area contributed by atoms with Gasteiger partial charge in [-0.3, -0.25) is 9.69 Å². The maximum atomic E-state index is 12.1. The van der Waals surface area contributed by atoms with Crippen LogP contribution in [0.1, 0.15) is 63.7 Å². The van der Waals surface area contributed by atoms with E-state index in [2.05, 4.69) is 43.1 Å². The second-order valence-electron chi connectivity index (χ2n) is 6.01. The molecule has 0 unspecified atom stereocenters. The highest BCUT2D eigenvalue weighted by Gasteiger charge is 2.26. The maximum Gasteiger partial charge on any atom is 0.273 e. The van der Waals surface area contributed by atoms with E-state index in [0.717, 1.165) is 38.1 Å². The lowest BCUT2D eigenvalue weighted by Gasteiger charge is -2.38. The third kappa shape index (κ3) is 5.16. The molecule has 1 N–H and O–H groups in total. The predicted molar refractivity (Wildman–Crippen MR) is 84.4 cm³/mol. The summed E-state index contributed by atoms with van der Waals surface area (Å²) in [5, 5.41) is 6.78. The van der Waals surface area contributed by atoms with Crippen LogP contribution in [0.15, 0.2) is 10.6 Å². The second-order valence-corrected chi connectivity index (χ2v) is 6.01. The number of aromatic nitrogens is 1. The Labute approximate surface area is 128 Å². The van der Waals surface area contributed by atoms with Crippen LogP contribution < -0.4 is 5.32 Å². The molecule has 1 aromatic rings. The molecule has 0 fully saturated rings. The molecule has 0 aliphatic heterocycles. The number of amides is 1. The lowest BCUT2D eigenvalue weighted by Crippen LogP contribution is -2.52. The fraction of sp³-hybridized carbons (Fsp3) is 0.750. The van der Waals surface area contributed by atoms with Gasteiger partial charge in [-0.1, -0.05) is 25.9 Å². The van der Waals surface area contributed by atoms with E-state index in [1.807, 2.05) is 6.92 Å². The first-order valence-electron chi connectivity index (χ1n) is 7.93. The van der Waals surface area contributed by atoms with Crippen LogP contribution in [-0.2, 0) is 6.42 Å². The van der Waals surface area contributed by atoms with Crippen molar-refractivity contribution in [2.45, 2.75) is 59.4 Å². The van der Waals surface area contributed by atoms with E-state index in [0.29, 0.717) is 12.2 Å². The van der Waals surface area contributed by atoms with Crippen molar-refractivity contribution in [1.29, 1.82) is 0 Å². The van der Waals surface area contributed by atoms with E-state index in [1.165, 1.54) is 0 Å². The Morgan fingerprint density at radius 2 is 1.90 bits per heavy atom. The number of nitrogens with zero attached hydrogens (tertiary/aromatic N) is 2. The van der Waals surface area contributed by atoms with E-state index in [-0.39, 0.29) is 11.4 Å². The van der Waals surface area contributed by atoms with Crippen LogP contribution in [-0.4, -0.2) is 41.1 Å². The van der Waals surface area contributed by atoms with Gasteiger partial charge in [0, 0.05) is 24.6 Å². The van der Waals surface area contributed by atoms with Crippen molar-refractivity contribution in [3.63, 3.8) is 0 Å². The summed E-state index contributed by atoms with van der Waals surface area (Å²) < 4.78 is 5.07. The number of carbonyl (C=O) groups is 1. The van der Waals surface area contributed by atoms with Gasteiger partial charge in [-0.25, -0.2) is 0 Å². The van der Waals surface area contributed by atoms with Gasteiger partial charge in [0.25, 0.3) is 5.91 Å². The number of aryl methyl sites for hydroxylation is 1. The van der Waals surface area contributed by atoms with E-state index < -0.39 is 0 Å². The highest BCUT2D eigenvalue weighted by molar-refractivity contribution is 5.92. The van der Waals surface area contributed by atoms with Gasteiger partial charge in [0.05, 0.1) is 0 Å². The summed E-state index contributed by atoms with van der Waals surface area (Å²) in [7, 11) is 0. The fourth-order valence-corrected chi connectivity index (χ4v) is 2.34. The number of rotatable bonds is 9. The van der Waals surface area contributed by atoms with Crippen molar-refractivity contribution in [3.8, 4) is 0 Å². The quantitative estimate of drug-likeness (QED) is 0.761. The van der Waals surface area contributed by atoms with E-state index >= 15 is 0 Å². The summed E-state index contributed by atoms with van der Waals surface area (Å²) in [5.74, 6) is 0.567. The molecular weight excluding hydrogens is 266 g/mol. The summed E-state index contributed by atoms with van der Waals surface area (Å²) in [6, 6.07) is 1.71. The zero-order chi connectivity index (χ0) is 15.9. The third-order valence-electron chi connectivity index (χ3n) is 3.66. The van der Waals surface area contributed by atoms with Crippen molar-refractivity contribution in [1.82, 2.24) is 15.4 Å². The highest BCUT2D eigenvalue weighted by atomic mass is 16.5. The zero-order valence-electron chi connectivity index (χ0n) is 14.0. The molecule has 0 aliphatic carbocycles. The number of nitrogens with one attached hydrogen (secondary N) is 1. The molecule has 0 aromatic carbocycles. The first kappa shape index (κ1) is 17.7. The van der Waals surface area contributed by atoms with Gasteiger partial charge in [0.1, 0.15) is 5.76 Å². The van der Waals surface area contributed by atoms with Crippen molar-refractivity contribution in [3.05, 3.63) is 17.5 Å². The molecule has 21 heavy (non-hydrogen) atoms. The average Bonchev–Trinajstić information content (AvgIpc) is 2.93. The molecule has 0 aliphatic rings. The minimum Gasteiger partial charge on any atom is -0.361 e. The van der Waals surface area contributed by atoms with Crippen LogP contribution in [0.3, 0.4) is 0 Å². The minimum absolute atomic E-state index is 0.0704. The molecule has 5 heteroatoms. The Bertz CT molecular complexity index is 434. The van der Waals surface area contributed by atoms with Crippen LogP contribution in [0.2, 0.25) is 0 Å². The van der Waals surface area contributed by atoms with Gasteiger partial charge >= 0.3 is 0 Å². The highest BCUT2D eigenvalue weighted by Crippen LogP contribution is 2.15.